The molecule has 34 heavy (non-hydrogen) atoms. The van der Waals surface area contributed by atoms with Crippen LogP contribution in [0.5, 0.6) is 0 Å². The number of hydrogen-bond donors (Lipinski definition) is 1. The summed E-state index contributed by atoms with van der Waals surface area (Å²) in [6, 6.07) is 14.7. The van der Waals surface area contributed by atoms with Gasteiger partial charge in [-0.15, -0.1) is 0 Å². The number of nitrogens with zero attached hydrogens (tertiary/aromatic N) is 2. The Morgan fingerprint density at radius 1 is 0.824 bits per heavy atom. The molecule has 7 nitrogen and oxygen atoms in total. The lowest BCUT2D eigenvalue weighted by Gasteiger charge is -2.36. The minimum absolute atomic E-state index is 0.101. The monoisotopic (exact) mass is 462 g/mol. The molecule has 1 amide bonds. The highest BCUT2D eigenvalue weighted by Crippen LogP contribution is 2.19. The van der Waals surface area contributed by atoms with Crippen molar-refractivity contribution in [2.45, 2.75) is 26.4 Å². The molecule has 1 fully saturated rings. The number of rotatable bonds is 6. The fourth-order valence-electron chi connectivity index (χ4n) is 3.46. The van der Waals surface area contributed by atoms with Gasteiger partial charge < -0.3 is 19.6 Å². The maximum atomic E-state index is 12.5. The lowest BCUT2D eigenvalue weighted by molar-refractivity contribution is -0.131. The first kappa shape index (κ1) is 24.8. The highest BCUT2D eigenvalue weighted by atomic mass is 16.6. The first-order valence-corrected chi connectivity index (χ1v) is 11.2. The van der Waals surface area contributed by atoms with Gasteiger partial charge in [0.05, 0.1) is 0 Å². The van der Waals surface area contributed by atoms with E-state index in [0.717, 1.165) is 22.9 Å². The number of hydrogen-bond acceptors (Lipinski definition) is 5. The first-order valence-electron chi connectivity index (χ1n) is 11.2. The summed E-state index contributed by atoms with van der Waals surface area (Å²) < 4.78 is 5.44. The van der Waals surface area contributed by atoms with Gasteiger partial charge in [0.25, 0.3) is 0 Å². The van der Waals surface area contributed by atoms with Crippen molar-refractivity contribution in [1.82, 2.24) is 4.90 Å². The molecule has 2 aromatic rings. The van der Waals surface area contributed by atoms with E-state index in [4.69, 9.17) is 9.84 Å². The van der Waals surface area contributed by atoms with Gasteiger partial charge in [0.2, 0.25) is 0 Å². The molecule has 0 aromatic heterocycles. The van der Waals surface area contributed by atoms with E-state index in [9.17, 15) is 14.4 Å². The Morgan fingerprint density at radius 3 is 1.85 bits per heavy atom. The number of carbonyl (C=O) groups excluding carboxylic acids is 2. The Kier molecular flexibility index (Phi) is 7.89. The van der Waals surface area contributed by atoms with Crippen LogP contribution in [0.2, 0.25) is 0 Å². The maximum Gasteiger partial charge on any atom is 0.410 e. The molecule has 7 heteroatoms. The van der Waals surface area contributed by atoms with E-state index in [0.29, 0.717) is 31.7 Å². The molecule has 178 valence electrons. The highest BCUT2D eigenvalue weighted by Gasteiger charge is 2.25. The average molecular weight is 463 g/mol. The highest BCUT2D eigenvalue weighted by molar-refractivity contribution is 6.07. The number of piperazine rings is 1. The van der Waals surface area contributed by atoms with Crippen LogP contribution in [-0.2, 0) is 9.53 Å². The average Bonchev–Trinajstić information content (AvgIpc) is 2.81. The van der Waals surface area contributed by atoms with E-state index < -0.39 is 11.6 Å². The van der Waals surface area contributed by atoms with E-state index >= 15 is 0 Å². The summed E-state index contributed by atoms with van der Waals surface area (Å²) in [5.74, 6) is -1.10. The summed E-state index contributed by atoms with van der Waals surface area (Å²) in [6.07, 6.45) is 5.57. The molecule has 0 spiro atoms. The number of benzene rings is 2. The molecule has 0 aliphatic carbocycles. The van der Waals surface area contributed by atoms with Crippen LogP contribution in [0.3, 0.4) is 0 Å². The van der Waals surface area contributed by atoms with E-state index in [1.807, 2.05) is 57.2 Å². The standard InChI is InChI=1S/C27H30N2O5/c1-27(2,3)34-26(33)29-18-16-28(17-19-29)23-12-10-22(11-13-23)24(30)14-8-20-4-6-21(7-5-20)9-15-25(31)32/h4-15H,16-19H2,1-3H3,(H,31,32). The summed E-state index contributed by atoms with van der Waals surface area (Å²) in [7, 11) is 0. The number of carboxylic acids is 1. The van der Waals surface area contributed by atoms with Crippen molar-refractivity contribution in [3.05, 3.63) is 77.4 Å². The molecule has 0 saturated carbocycles. The zero-order valence-corrected chi connectivity index (χ0v) is 19.7. The molecule has 3 rings (SSSR count). The maximum absolute atomic E-state index is 12.5. The minimum Gasteiger partial charge on any atom is -0.478 e. The minimum atomic E-state index is -0.997. The number of anilines is 1. The molecule has 1 heterocycles. The van der Waals surface area contributed by atoms with Crippen LogP contribution in [-0.4, -0.2) is 59.6 Å². The molecule has 1 saturated heterocycles. The number of ketones is 1. The normalized spacial score (nSPS) is 14.6. The van der Waals surface area contributed by atoms with Crippen LogP contribution in [0.1, 0.15) is 42.3 Å². The van der Waals surface area contributed by atoms with Crippen molar-refractivity contribution in [1.29, 1.82) is 0 Å². The second-order valence-electron chi connectivity index (χ2n) is 9.04. The predicted molar refractivity (Wildman–Crippen MR) is 133 cm³/mol. The van der Waals surface area contributed by atoms with Crippen molar-refractivity contribution < 1.29 is 24.2 Å². The lowest BCUT2D eigenvalue weighted by atomic mass is 10.1. The molecule has 1 N–H and O–H groups in total. The van der Waals surface area contributed by atoms with Crippen molar-refractivity contribution in [3.63, 3.8) is 0 Å². The van der Waals surface area contributed by atoms with Crippen LogP contribution in [0.15, 0.2) is 60.7 Å². The summed E-state index contributed by atoms with van der Waals surface area (Å²) in [5.41, 5.74) is 2.71. The second-order valence-corrected chi connectivity index (χ2v) is 9.04. The summed E-state index contributed by atoms with van der Waals surface area (Å²) in [4.78, 5) is 39.3. The second kappa shape index (κ2) is 10.8. The largest absolute Gasteiger partial charge is 0.478 e. The molecule has 0 radical (unpaired) electrons. The molecule has 2 aromatic carbocycles. The lowest BCUT2D eigenvalue weighted by Crippen LogP contribution is -2.50. The zero-order chi connectivity index (χ0) is 24.7. The summed E-state index contributed by atoms with van der Waals surface area (Å²) in [6.45, 7) is 8.15. The van der Waals surface area contributed by atoms with Gasteiger partial charge in [0.1, 0.15) is 5.60 Å². The number of aliphatic carboxylic acids is 1. The Labute approximate surface area is 199 Å². The van der Waals surface area contributed by atoms with Crippen LogP contribution in [0.4, 0.5) is 10.5 Å². The van der Waals surface area contributed by atoms with Gasteiger partial charge in [0.15, 0.2) is 5.78 Å². The number of carboxylic acid groups (broad SMARTS) is 1. The van der Waals surface area contributed by atoms with Crippen molar-refractivity contribution in [2.75, 3.05) is 31.1 Å². The van der Waals surface area contributed by atoms with E-state index in [-0.39, 0.29) is 11.9 Å². The molecule has 0 bridgehead atoms. The van der Waals surface area contributed by atoms with Gasteiger partial charge in [-0.3, -0.25) is 4.79 Å². The Bertz CT molecular complexity index is 1070. The number of amides is 1. The smallest absolute Gasteiger partial charge is 0.410 e. The molecule has 0 unspecified atom stereocenters. The van der Waals surface area contributed by atoms with Gasteiger partial charge in [-0.2, -0.15) is 0 Å². The predicted octanol–water partition coefficient (Wildman–Crippen LogP) is 4.74. The first-order chi connectivity index (χ1) is 16.1. The summed E-state index contributed by atoms with van der Waals surface area (Å²) in [5, 5.41) is 8.68. The zero-order valence-electron chi connectivity index (χ0n) is 19.7. The van der Waals surface area contributed by atoms with E-state index in [2.05, 4.69) is 4.90 Å². The van der Waals surface area contributed by atoms with E-state index in [1.54, 1.807) is 23.1 Å². The molecular formula is C27H30N2O5. The summed E-state index contributed by atoms with van der Waals surface area (Å²) >= 11 is 0. The Hall–Kier alpha value is -3.87. The van der Waals surface area contributed by atoms with E-state index in [1.165, 1.54) is 12.2 Å². The van der Waals surface area contributed by atoms with Crippen LogP contribution < -0.4 is 4.90 Å². The third-order valence-corrected chi connectivity index (χ3v) is 5.23. The Balaban J connectivity index is 1.54. The molecular weight excluding hydrogens is 432 g/mol. The topological polar surface area (TPSA) is 87.2 Å². The fraction of sp³-hybridized carbons (Fsp3) is 0.296. The van der Waals surface area contributed by atoms with Crippen LogP contribution in [0.25, 0.3) is 12.2 Å². The van der Waals surface area contributed by atoms with Crippen LogP contribution in [0, 0.1) is 0 Å². The van der Waals surface area contributed by atoms with Crippen molar-refractivity contribution in [2.24, 2.45) is 0 Å². The molecule has 0 atom stereocenters. The van der Waals surface area contributed by atoms with Crippen molar-refractivity contribution >= 4 is 35.7 Å². The fourth-order valence-corrected chi connectivity index (χ4v) is 3.46. The molecule has 1 aliphatic heterocycles. The van der Waals surface area contributed by atoms with Gasteiger partial charge in [0, 0.05) is 43.5 Å². The van der Waals surface area contributed by atoms with Gasteiger partial charge in [-0.25, -0.2) is 9.59 Å². The number of carbonyl (C=O) groups is 3. The third-order valence-electron chi connectivity index (χ3n) is 5.23. The van der Waals surface area contributed by atoms with Gasteiger partial charge in [-0.1, -0.05) is 30.3 Å². The SMILES string of the molecule is CC(C)(C)OC(=O)N1CCN(c2ccc(C(=O)C=Cc3ccc(C=CC(=O)O)cc3)cc2)CC1. The van der Waals surface area contributed by atoms with Gasteiger partial charge >= 0.3 is 12.1 Å². The third kappa shape index (κ3) is 7.33. The number of allylic oxidation sites excluding steroid dienone is 1. The van der Waals surface area contributed by atoms with Gasteiger partial charge in [-0.05, 0) is 68.3 Å². The molecule has 1 aliphatic rings. The van der Waals surface area contributed by atoms with Crippen molar-refractivity contribution in [3.8, 4) is 0 Å². The Morgan fingerprint density at radius 2 is 1.35 bits per heavy atom. The van der Waals surface area contributed by atoms with Crippen LogP contribution >= 0.6 is 0 Å². The quantitative estimate of drug-likeness (QED) is 0.493. The number of ether oxygens (including phenoxy) is 1.